The number of urea groups is 1. The average molecular weight is 329 g/mol. The predicted octanol–water partition coefficient (Wildman–Crippen LogP) is 0.114. The first-order valence-corrected chi connectivity index (χ1v) is 7.30. The van der Waals surface area contributed by atoms with Gasteiger partial charge in [0.05, 0.1) is 0 Å². The van der Waals surface area contributed by atoms with Crippen molar-refractivity contribution in [2.75, 3.05) is 12.4 Å². The highest BCUT2D eigenvalue weighted by Crippen LogP contribution is 2.23. The fraction of sp³-hybridized carbons (Fsp3) is 0.267. The number of carbonyl (C=O) groups excluding carboxylic acids is 4. The first kappa shape index (κ1) is 15.7. The Morgan fingerprint density at radius 3 is 2.71 bits per heavy atom. The molecule has 0 radical (unpaired) electrons. The second-order valence-electron chi connectivity index (χ2n) is 5.45. The van der Waals surface area contributed by atoms with Crippen LogP contribution in [0.4, 0.5) is 10.5 Å². The molecule has 24 heavy (non-hydrogen) atoms. The first-order chi connectivity index (χ1) is 11.5. The van der Waals surface area contributed by atoms with Gasteiger partial charge >= 0.3 is 6.03 Å². The van der Waals surface area contributed by atoms with Gasteiger partial charge in [-0.1, -0.05) is 12.1 Å². The molecule has 1 saturated heterocycles. The molecule has 0 aliphatic carbocycles. The highest BCUT2D eigenvalue weighted by atomic mass is 16.2. The van der Waals surface area contributed by atoms with Gasteiger partial charge in [-0.05, 0) is 17.7 Å². The van der Waals surface area contributed by atoms with Gasteiger partial charge in [0.25, 0.3) is 11.8 Å². The molecule has 2 aliphatic heterocycles. The summed E-state index contributed by atoms with van der Waals surface area (Å²) in [6.45, 7) is 0. The van der Waals surface area contributed by atoms with Gasteiger partial charge in [-0.15, -0.1) is 0 Å². The number of rotatable bonds is 3. The third kappa shape index (κ3) is 2.96. The molecule has 1 aromatic rings. The largest absolute Gasteiger partial charge is 0.324 e. The van der Waals surface area contributed by atoms with Crippen LogP contribution in [-0.2, 0) is 14.4 Å². The van der Waals surface area contributed by atoms with E-state index in [0.29, 0.717) is 11.3 Å². The molecular weight excluding hydrogens is 314 g/mol. The zero-order chi connectivity index (χ0) is 17.3. The number of carbonyl (C=O) groups is 4. The first-order valence-electron chi connectivity index (χ1n) is 7.30. The molecule has 0 aromatic heterocycles. The molecule has 9 nitrogen and oxygen atoms in total. The zero-order valence-corrected chi connectivity index (χ0v) is 12.8. The van der Waals surface area contributed by atoms with Crippen LogP contribution in [0.2, 0.25) is 0 Å². The summed E-state index contributed by atoms with van der Waals surface area (Å²) in [5, 5.41) is 8.97. The predicted molar refractivity (Wildman–Crippen MR) is 83.9 cm³/mol. The van der Waals surface area contributed by atoms with E-state index in [0.717, 1.165) is 4.90 Å². The van der Waals surface area contributed by atoms with Crippen LogP contribution in [0, 0.1) is 0 Å². The molecule has 1 atom stereocenters. The van der Waals surface area contributed by atoms with E-state index < -0.39 is 18.0 Å². The Hall–Kier alpha value is -3.23. The number of benzene rings is 1. The van der Waals surface area contributed by atoms with Crippen LogP contribution in [0.1, 0.15) is 24.4 Å². The Balaban J connectivity index is 1.74. The van der Waals surface area contributed by atoms with Gasteiger partial charge < -0.3 is 10.6 Å². The van der Waals surface area contributed by atoms with Crippen molar-refractivity contribution < 1.29 is 19.2 Å². The molecule has 3 N–H and O–H groups in total. The standard InChI is InChI=1S/C15H15N5O4/c1-20-14(23)12(17-15(20)24)8-3-2-4-9(7-8)16-13(22)10-5-6-11(21)19-18-10/h2-4,7,12H,5-6H2,1H3,(H,16,22)(H,17,24)(H,19,21). The Morgan fingerprint density at radius 2 is 2.08 bits per heavy atom. The second kappa shape index (κ2) is 6.11. The van der Waals surface area contributed by atoms with E-state index in [-0.39, 0.29) is 30.4 Å². The number of amides is 5. The number of hydrazone groups is 1. The van der Waals surface area contributed by atoms with Gasteiger partial charge in [0.1, 0.15) is 11.8 Å². The smallest absolute Gasteiger partial charge is 0.322 e. The number of hydrogen-bond donors (Lipinski definition) is 3. The fourth-order valence-corrected chi connectivity index (χ4v) is 2.44. The van der Waals surface area contributed by atoms with Crippen LogP contribution < -0.4 is 16.1 Å². The monoisotopic (exact) mass is 329 g/mol. The van der Waals surface area contributed by atoms with Crippen molar-refractivity contribution in [2.45, 2.75) is 18.9 Å². The van der Waals surface area contributed by atoms with Crippen LogP contribution >= 0.6 is 0 Å². The SMILES string of the molecule is CN1C(=O)NC(c2cccc(NC(=O)C3=NNC(=O)CC3)c2)C1=O. The summed E-state index contributed by atoms with van der Waals surface area (Å²) in [7, 11) is 1.40. The highest BCUT2D eigenvalue weighted by Gasteiger charge is 2.36. The van der Waals surface area contributed by atoms with Crippen molar-refractivity contribution in [1.82, 2.24) is 15.6 Å². The summed E-state index contributed by atoms with van der Waals surface area (Å²) in [5.41, 5.74) is 3.52. The molecule has 0 bridgehead atoms. The molecule has 3 rings (SSSR count). The van der Waals surface area contributed by atoms with E-state index >= 15 is 0 Å². The van der Waals surface area contributed by atoms with Gasteiger partial charge in [-0.2, -0.15) is 5.10 Å². The normalized spacial score (nSPS) is 20.4. The molecule has 0 spiro atoms. The van der Waals surface area contributed by atoms with Crippen LogP contribution in [0.25, 0.3) is 0 Å². The van der Waals surface area contributed by atoms with Crippen molar-refractivity contribution in [3.8, 4) is 0 Å². The number of nitrogens with one attached hydrogen (secondary N) is 3. The van der Waals surface area contributed by atoms with Gasteiger partial charge in [0.15, 0.2) is 0 Å². The molecule has 0 saturated carbocycles. The summed E-state index contributed by atoms with van der Waals surface area (Å²) < 4.78 is 0. The highest BCUT2D eigenvalue weighted by molar-refractivity contribution is 6.43. The zero-order valence-electron chi connectivity index (χ0n) is 12.8. The van der Waals surface area contributed by atoms with Crippen molar-refractivity contribution in [2.24, 2.45) is 5.10 Å². The molecule has 2 heterocycles. The van der Waals surface area contributed by atoms with E-state index in [2.05, 4.69) is 21.2 Å². The van der Waals surface area contributed by atoms with E-state index in [1.807, 2.05) is 0 Å². The lowest BCUT2D eigenvalue weighted by Gasteiger charge is -2.13. The number of nitrogens with zero attached hydrogens (tertiary/aromatic N) is 2. The lowest BCUT2D eigenvalue weighted by atomic mass is 10.1. The van der Waals surface area contributed by atoms with Gasteiger partial charge in [0.2, 0.25) is 5.91 Å². The van der Waals surface area contributed by atoms with E-state index in [4.69, 9.17) is 0 Å². The maximum atomic E-state index is 12.1. The number of hydrogen-bond acceptors (Lipinski definition) is 5. The summed E-state index contributed by atoms with van der Waals surface area (Å²) in [6, 6.07) is 5.40. The molecule has 2 aliphatic rings. The maximum absolute atomic E-state index is 12.1. The minimum absolute atomic E-state index is 0.210. The number of anilines is 1. The number of likely N-dealkylation sites (N-methyl/N-ethyl adjacent to an activating group) is 1. The summed E-state index contributed by atoms with van der Waals surface area (Å²) >= 11 is 0. The van der Waals surface area contributed by atoms with E-state index in [1.54, 1.807) is 24.3 Å². The van der Waals surface area contributed by atoms with Gasteiger partial charge in [0, 0.05) is 25.6 Å². The summed E-state index contributed by atoms with van der Waals surface area (Å²) in [6.07, 6.45) is 0.473. The minimum atomic E-state index is -0.773. The second-order valence-corrected chi connectivity index (χ2v) is 5.45. The summed E-state index contributed by atoms with van der Waals surface area (Å²) in [5.74, 6) is -1.01. The lowest BCUT2D eigenvalue weighted by Crippen LogP contribution is -2.32. The Bertz CT molecular complexity index is 773. The maximum Gasteiger partial charge on any atom is 0.324 e. The van der Waals surface area contributed by atoms with Crippen molar-refractivity contribution >= 4 is 35.2 Å². The van der Waals surface area contributed by atoms with Crippen LogP contribution in [-0.4, -0.2) is 41.4 Å². The minimum Gasteiger partial charge on any atom is -0.322 e. The third-order valence-corrected chi connectivity index (χ3v) is 3.79. The number of imide groups is 1. The molecule has 5 amide bonds. The topological polar surface area (TPSA) is 120 Å². The van der Waals surface area contributed by atoms with Crippen molar-refractivity contribution in [1.29, 1.82) is 0 Å². The molecule has 1 unspecified atom stereocenters. The van der Waals surface area contributed by atoms with Crippen LogP contribution in [0.15, 0.2) is 29.4 Å². The Morgan fingerprint density at radius 1 is 1.29 bits per heavy atom. The average Bonchev–Trinajstić information content (AvgIpc) is 2.83. The molecule has 1 aromatic carbocycles. The Kier molecular flexibility index (Phi) is 3.98. The van der Waals surface area contributed by atoms with E-state index in [9.17, 15) is 19.2 Å². The lowest BCUT2D eigenvalue weighted by molar-refractivity contribution is -0.126. The molecule has 124 valence electrons. The van der Waals surface area contributed by atoms with Gasteiger partial charge in [-0.25, -0.2) is 10.2 Å². The third-order valence-electron chi connectivity index (χ3n) is 3.79. The van der Waals surface area contributed by atoms with Crippen LogP contribution in [0.5, 0.6) is 0 Å². The molecular formula is C15H15N5O4. The Labute approximate surface area is 137 Å². The van der Waals surface area contributed by atoms with Crippen molar-refractivity contribution in [3.05, 3.63) is 29.8 Å². The quantitative estimate of drug-likeness (QED) is 0.682. The molecule has 1 fully saturated rings. The van der Waals surface area contributed by atoms with Gasteiger partial charge in [-0.3, -0.25) is 19.3 Å². The molecule has 9 heteroatoms. The van der Waals surface area contributed by atoms with E-state index in [1.165, 1.54) is 7.05 Å². The van der Waals surface area contributed by atoms with Crippen molar-refractivity contribution in [3.63, 3.8) is 0 Å². The van der Waals surface area contributed by atoms with Crippen LogP contribution in [0.3, 0.4) is 0 Å². The summed E-state index contributed by atoms with van der Waals surface area (Å²) in [4.78, 5) is 47.8. The fourth-order valence-electron chi connectivity index (χ4n) is 2.44.